The molecule has 33 heavy (non-hydrogen) atoms. The zero-order chi connectivity index (χ0) is 23.5. The van der Waals surface area contributed by atoms with Crippen LogP contribution in [0.3, 0.4) is 0 Å². The van der Waals surface area contributed by atoms with Gasteiger partial charge in [-0.1, -0.05) is 0 Å². The van der Waals surface area contributed by atoms with E-state index in [4.69, 9.17) is 19.5 Å². The van der Waals surface area contributed by atoms with E-state index in [0.717, 1.165) is 45.9 Å². The molecule has 2 fully saturated rings. The number of fused-ring (bicyclic) bond motifs is 2. The number of nitrogens with zero attached hydrogens (tertiary/aromatic N) is 3. The van der Waals surface area contributed by atoms with Gasteiger partial charge in [-0.3, -0.25) is 0 Å². The van der Waals surface area contributed by atoms with E-state index in [2.05, 4.69) is 26.5 Å². The number of carbonyl (C=O) groups excluding carboxylic acids is 1. The molecule has 1 aromatic rings. The third kappa shape index (κ3) is 8.48. The van der Waals surface area contributed by atoms with Gasteiger partial charge in [-0.05, 0) is 42.5 Å². The fraction of sp³-hybridized carbons (Fsp3) is 0.667. The number of piperidine rings is 2. The maximum atomic E-state index is 12.0. The second-order valence-corrected chi connectivity index (χ2v) is 8.92. The van der Waals surface area contributed by atoms with Crippen molar-refractivity contribution in [2.45, 2.75) is 12.5 Å². The standard InChI is InChI=1S/C24H37N5O4/c1-26-24(30)27-22(18-33-23-5-3-19(12-25)4-6-23)17-29-15-20-11-21(16-29)14-28(13-20)7-8-32-10-9-31-2/h3-6,20-22H,7-11,13-18H2,1-2H3,(H2,26,27,30). The number of rotatable bonds is 12. The molecule has 3 unspecified atom stereocenters. The minimum Gasteiger partial charge on any atom is -0.491 e. The van der Waals surface area contributed by atoms with Gasteiger partial charge in [0.1, 0.15) is 12.4 Å². The van der Waals surface area contributed by atoms with Gasteiger partial charge in [0.05, 0.1) is 37.5 Å². The van der Waals surface area contributed by atoms with E-state index in [1.54, 1.807) is 38.4 Å². The SMILES string of the molecule is CNC(=O)NC(COc1ccc(C#N)cc1)CN1CC2CC(CN(CCOCCOC)C2)C1. The lowest BCUT2D eigenvalue weighted by Gasteiger charge is -2.46. The van der Waals surface area contributed by atoms with Crippen molar-refractivity contribution in [3.8, 4) is 11.8 Å². The molecule has 1 aromatic carbocycles. The summed E-state index contributed by atoms with van der Waals surface area (Å²) in [5, 5.41) is 14.6. The van der Waals surface area contributed by atoms with Gasteiger partial charge in [-0.2, -0.15) is 5.26 Å². The van der Waals surface area contributed by atoms with Gasteiger partial charge < -0.3 is 34.6 Å². The summed E-state index contributed by atoms with van der Waals surface area (Å²) in [6, 6.07) is 8.80. The highest BCUT2D eigenvalue weighted by molar-refractivity contribution is 5.73. The molecule has 0 aromatic heterocycles. The topological polar surface area (TPSA) is 99.1 Å². The predicted molar refractivity (Wildman–Crippen MR) is 125 cm³/mol. The molecule has 3 rings (SSSR count). The summed E-state index contributed by atoms with van der Waals surface area (Å²) in [7, 11) is 3.31. The number of hydrogen-bond acceptors (Lipinski definition) is 7. The lowest BCUT2D eigenvalue weighted by molar-refractivity contribution is 0.00519. The fourth-order valence-corrected chi connectivity index (χ4v) is 4.80. The summed E-state index contributed by atoms with van der Waals surface area (Å²) >= 11 is 0. The second-order valence-electron chi connectivity index (χ2n) is 8.92. The lowest BCUT2D eigenvalue weighted by atomic mass is 9.84. The highest BCUT2D eigenvalue weighted by Crippen LogP contribution is 2.28. The van der Waals surface area contributed by atoms with E-state index < -0.39 is 0 Å². The molecule has 2 amide bonds. The molecule has 2 aliphatic rings. The smallest absolute Gasteiger partial charge is 0.314 e. The van der Waals surface area contributed by atoms with Crippen LogP contribution in [-0.4, -0.2) is 102 Å². The number of nitriles is 1. The Hall–Kier alpha value is -2.38. The molecule has 9 heteroatoms. The van der Waals surface area contributed by atoms with Crippen LogP contribution in [0.1, 0.15) is 12.0 Å². The average Bonchev–Trinajstić information content (AvgIpc) is 2.82. The maximum absolute atomic E-state index is 12.0. The highest BCUT2D eigenvalue weighted by Gasteiger charge is 2.34. The largest absolute Gasteiger partial charge is 0.491 e. The zero-order valence-electron chi connectivity index (χ0n) is 19.8. The third-order valence-electron chi connectivity index (χ3n) is 6.19. The third-order valence-corrected chi connectivity index (χ3v) is 6.19. The zero-order valence-corrected chi connectivity index (χ0v) is 19.8. The summed E-state index contributed by atoms with van der Waals surface area (Å²) in [5.41, 5.74) is 0.595. The number of methoxy groups -OCH3 is 1. The normalized spacial score (nSPS) is 21.7. The maximum Gasteiger partial charge on any atom is 0.314 e. The Balaban J connectivity index is 1.48. The first-order valence-electron chi connectivity index (χ1n) is 11.7. The number of nitrogens with one attached hydrogen (secondary N) is 2. The van der Waals surface area contributed by atoms with Crippen molar-refractivity contribution in [2.24, 2.45) is 11.8 Å². The van der Waals surface area contributed by atoms with E-state index >= 15 is 0 Å². The number of benzene rings is 1. The van der Waals surface area contributed by atoms with Crippen LogP contribution in [0.4, 0.5) is 4.79 Å². The van der Waals surface area contributed by atoms with Crippen molar-refractivity contribution in [2.75, 3.05) is 79.9 Å². The summed E-state index contributed by atoms with van der Waals surface area (Å²) in [6.45, 7) is 8.36. The molecule has 3 atom stereocenters. The van der Waals surface area contributed by atoms with Crippen LogP contribution < -0.4 is 15.4 Å². The van der Waals surface area contributed by atoms with Crippen LogP contribution in [0, 0.1) is 23.2 Å². The fourth-order valence-electron chi connectivity index (χ4n) is 4.80. The number of hydrogen-bond donors (Lipinski definition) is 2. The van der Waals surface area contributed by atoms with Gasteiger partial charge in [0, 0.05) is 53.4 Å². The summed E-state index contributed by atoms with van der Waals surface area (Å²) < 4.78 is 16.6. The molecule has 2 heterocycles. The Labute approximate surface area is 197 Å². The van der Waals surface area contributed by atoms with Crippen molar-refractivity contribution >= 4 is 6.03 Å². The Morgan fingerprint density at radius 1 is 1.12 bits per heavy atom. The van der Waals surface area contributed by atoms with Crippen LogP contribution in [0.15, 0.2) is 24.3 Å². The number of carbonyl (C=O) groups is 1. The first kappa shape index (κ1) is 25.2. The molecule has 2 N–H and O–H groups in total. The summed E-state index contributed by atoms with van der Waals surface area (Å²) in [6.07, 6.45) is 1.27. The molecule has 0 spiro atoms. The van der Waals surface area contributed by atoms with Crippen molar-refractivity contribution in [3.63, 3.8) is 0 Å². The second kappa shape index (κ2) is 13.4. The number of likely N-dealkylation sites (tertiary alicyclic amines) is 2. The minimum absolute atomic E-state index is 0.135. The van der Waals surface area contributed by atoms with Gasteiger partial charge in [0.2, 0.25) is 0 Å². The summed E-state index contributed by atoms with van der Waals surface area (Å²) in [5.74, 6) is 1.96. The molecule has 182 valence electrons. The summed E-state index contributed by atoms with van der Waals surface area (Å²) in [4.78, 5) is 17.0. The Bertz CT molecular complexity index is 755. The van der Waals surface area contributed by atoms with Crippen LogP contribution >= 0.6 is 0 Å². The molecule has 2 aliphatic heterocycles. The Morgan fingerprint density at radius 3 is 2.45 bits per heavy atom. The first-order valence-corrected chi connectivity index (χ1v) is 11.7. The molecule has 0 saturated carbocycles. The average molecular weight is 460 g/mol. The molecular formula is C24H37N5O4. The quantitative estimate of drug-likeness (QED) is 0.453. The van der Waals surface area contributed by atoms with E-state index in [1.807, 2.05) is 0 Å². The highest BCUT2D eigenvalue weighted by atomic mass is 16.5. The van der Waals surface area contributed by atoms with Crippen molar-refractivity contribution in [3.05, 3.63) is 29.8 Å². The van der Waals surface area contributed by atoms with E-state index in [1.165, 1.54) is 6.42 Å². The molecule has 2 saturated heterocycles. The van der Waals surface area contributed by atoms with Crippen molar-refractivity contribution in [1.29, 1.82) is 5.26 Å². The van der Waals surface area contributed by atoms with Gasteiger partial charge in [-0.15, -0.1) is 0 Å². The molecule has 0 aliphatic carbocycles. The van der Waals surface area contributed by atoms with E-state index in [0.29, 0.717) is 43.0 Å². The van der Waals surface area contributed by atoms with Crippen LogP contribution in [0.5, 0.6) is 5.75 Å². The Kier molecular flexibility index (Phi) is 10.2. The monoisotopic (exact) mass is 459 g/mol. The lowest BCUT2D eigenvalue weighted by Crippen LogP contribution is -2.57. The first-order chi connectivity index (χ1) is 16.1. The molecule has 9 nitrogen and oxygen atoms in total. The molecular weight excluding hydrogens is 422 g/mol. The molecule has 2 bridgehead atoms. The van der Waals surface area contributed by atoms with Gasteiger partial charge in [0.15, 0.2) is 0 Å². The van der Waals surface area contributed by atoms with Crippen molar-refractivity contribution < 1.29 is 19.0 Å². The number of urea groups is 1. The van der Waals surface area contributed by atoms with Crippen LogP contribution in [-0.2, 0) is 9.47 Å². The van der Waals surface area contributed by atoms with Gasteiger partial charge >= 0.3 is 6.03 Å². The predicted octanol–water partition coefficient (Wildman–Crippen LogP) is 1.15. The van der Waals surface area contributed by atoms with E-state index in [-0.39, 0.29) is 12.1 Å². The Morgan fingerprint density at radius 2 is 1.82 bits per heavy atom. The van der Waals surface area contributed by atoms with Crippen LogP contribution in [0.2, 0.25) is 0 Å². The number of ether oxygens (including phenoxy) is 3. The van der Waals surface area contributed by atoms with E-state index in [9.17, 15) is 4.79 Å². The molecule has 0 radical (unpaired) electrons. The number of amides is 2. The van der Waals surface area contributed by atoms with Gasteiger partial charge in [0.25, 0.3) is 0 Å². The van der Waals surface area contributed by atoms with Crippen molar-refractivity contribution in [1.82, 2.24) is 20.4 Å². The van der Waals surface area contributed by atoms with Gasteiger partial charge in [-0.25, -0.2) is 4.79 Å². The van der Waals surface area contributed by atoms with Crippen LogP contribution in [0.25, 0.3) is 0 Å². The minimum atomic E-state index is -0.208.